The van der Waals surface area contributed by atoms with Crippen LogP contribution in [0.15, 0.2) is 0 Å². The van der Waals surface area contributed by atoms with Gasteiger partial charge in [0.1, 0.15) is 0 Å². The monoisotopic (exact) mass is 133 g/mol. The smallest absolute Gasteiger partial charge is 0.00424 e. The summed E-state index contributed by atoms with van der Waals surface area (Å²) < 4.78 is 0. The maximum atomic E-state index is 4.39. The second-order valence-corrected chi connectivity index (χ2v) is 3.14. The quantitative estimate of drug-likeness (QED) is 0.488. The molecule has 0 aromatic rings. The van der Waals surface area contributed by atoms with Gasteiger partial charge in [-0.2, -0.15) is 12.6 Å². The first kappa shape index (κ1) is 8.31. The van der Waals surface area contributed by atoms with Crippen LogP contribution in [-0.2, 0) is 0 Å². The molecule has 0 amide bonds. The standard InChI is InChI=1S/C6H12S.H3N/c1-5-3-2-4-6(5)7;/h5-7H,2-4H2,1H3;1H3. The Morgan fingerprint density at radius 2 is 2.00 bits per heavy atom. The first-order valence-corrected chi connectivity index (χ1v) is 3.50. The van der Waals surface area contributed by atoms with Gasteiger partial charge >= 0.3 is 0 Å². The van der Waals surface area contributed by atoms with Crippen LogP contribution >= 0.6 is 12.6 Å². The Morgan fingerprint density at radius 3 is 2.12 bits per heavy atom. The van der Waals surface area contributed by atoms with E-state index < -0.39 is 0 Å². The highest BCUT2D eigenvalue weighted by Crippen LogP contribution is 2.28. The molecule has 0 saturated heterocycles. The van der Waals surface area contributed by atoms with Crippen molar-refractivity contribution in [1.82, 2.24) is 6.15 Å². The minimum atomic E-state index is 0. The molecule has 0 heterocycles. The lowest BCUT2D eigenvalue weighted by Gasteiger charge is -2.04. The zero-order valence-corrected chi connectivity index (χ0v) is 6.32. The Bertz CT molecular complexity index is 57.5. The van der Waals surface area contributed by atoms with Crippen LogP contribution in [0.5, 0.6) is 0 Å². The van der Waals surface area contributed by atoms with Crippen molar-refractivity contribution in [3.8, 4) is 0 Å². The normalized spacial score (nSPS) is 36.8. The Balaban J connectivity index is 0.000000490. The van der Waals surface area contributed by atoms with Gasteiger partial charge in [-0.1, -0.05) is 13.3 Å². The lowest BCUT2D eigenvalue weighted by molar-refractivity contribution is 0.627. The van der Waals surface area contributed by atoms with Crippen molar-refractivity contribution in [3.63, 3.8) is 0 Å². The van der Waals surface area contributed by atoms with Gasteiger partial charge in [-0.15, -0.1) is 0 Å². The highest BCUT2D eigenvalue weighted by molar-refractivity contribution is 7.81. The second-order valence-electron chi connectivity index (χ2n) is 2.48. The molecule has 8 heavy (non-hydrogen) atoms. The van der Waals surface area contributed by atoms with Gasteiger partial charge in [-0.25, -0.2) is 0 Å². The molecule has 2 heteroatoms. The summed E-state index contributed by atoms with van der Waals surface area (Å²) in [5.74, 6) is 0.878. The van der Waals surface area contributed by atoms with E-state index in [-0.39, 0.29) is 6.15 Å². The number of rotatable bonds is 0. The van der Waals surface area contributed by atoms with E-state index in [1.807, 2.05) is 0 Å². The van der Waals surface area contributed by atoms with E-state index in [1.165, 1.54) is 19.3 Å². The average molecular weight is 133 g/mol. The SMILES string of the molecule is CC1CCCC1S.N. The van der Waals surface area contributed by atoms with Crippen molar-refractivity contribution in [2.75, 3.05) is 0 Å². The van der Waals surface area contributed by atoms with Crippen LogP contribution in [0, 0.1) is 5.92 Å². The molecule has 1 fully saturated rings. The maximum Gasteiger partial charge on any atom is 0.00424 e. The van der Waals surface area contributed by atoms with Crippen LogP contribution in [0.1, 0.15) is 26.2 Å². The van der Waals surface area contributed by atoms with Crippen LogP contribution in [0.2, 0.25) is 0 Å². The van der Waals surface area contributed by atoms with E-state index in [0.29, 0.717) is 5.25 Å². The summed E-state index contributed by atoms with van der Waals surface area (Å²) >= 11 is 4.39. The fraction of sp³-hybridized carbons (Fsp3) is 1.00. The van der Waals surface area contributed by atoms with E-state index in [0.717, 1.165) is 5.92 Å². The van der Waals surface area contributed by atoms with Gasteiger partial charge in [0, 0.05) is 5.25 Å². The molecule has 0 aromatic carbocycles. The number of hydrogen-bond donors (Lipinski definition) is 2. The van der Waals surface area contributed by atoms with Gasteiger partial charge < -0.3 is 6.15 Å². The number of hydrogen-bond acceptors (Lipinski definition) is 2. The van der Waals surface area contributed by atoms with Gasteiger partial charge in [0.2, 0.25) is 0 Å². The zero-order valence-electron chi connectivity index (χ0n) is 5.43. The third-order valence-corrected chi connectivity index (χ3v) is 2.58. The van der Waals surface area contributed by atoms with E-state index in [2.05, 4.69) is 19.6 Å². The van der Waals surface area contributed by atoms with Crippen molar-refractivity contribution in [2.45, 2.75) is 31.4 Å². The van der Waals surface area contributed by atoms with Gasteiger partial charge in [0.25, 0.3) is 0 Å². The largest absolute Gasteiger partial charge is 0.344 e. The molecule has 0 aromatic heterocycles. The lowest BCUT2D eigenvalue weighted by Crippen LogP contribution is -1.99. The van der Waals surface area contributed by atoms with E-state index >= 15 is 0 Å². The van der Waals surface area contributed by atoms with E-state index in [9.17, 15) is 0 Å². The minimum absolute atomic E-state index is 0. The molecule has 1 aliphatic carbocycles. The Hall–Kier alpha value is 0.310. The predicted molar refractivity (Wildman–Crippen MR) is 40.8 cm³/mol. The van der Waals surface area contributed by atoms with Crippen LogP contribution in [0.4, 0.5) is 0 Å². The third kappa shape index (κ3) is 1.67. The first-order chi connectivity index (χ1) is 3.30. The van der Waals surface area contributed by atoms with Crippen molar-refractivity contribution in [2.24, 2.45) is 5.92 Å². The van der Waals surface area contributed by atoms with Gasteiger partial charge in [-0.3, -0.25) is 0 Å². The second kappa shape index (κ2) is 3.36. The predicted octanol–water partition coefficient (Wildman–Crippen LogP) is 2.27. The molecule has 2 atom stereocenters. The summed E-state index contributed by atoms with van der Waals surface area (Å²) in [7, 11) is 0. The minimum Gasteiger partial charge on any atom is -0.344 e. The Kier molecular flexibility index (Phi) is 3.49. The molecule has 3 N–H and O–H groups in total. The van der Waals surface area contributed by atoms with Gasteiger partial charge in [0.05, 0.1) is 0 Å². The first-order valence-electron chi connectivity index (χ1n) is 2.99. The highest BCUT2D eigenvalue weighted by Gasteiger charge is 2.18. The third-order valence-electron chi connectivity index (χ3n) is 1.82. The van der Waals surface area contributed by atoms with Crippen LogP contribution in [0.25, 0.3) is 0 Å². The van der Waals surface area contributed by atoms with E-state index in [1.54, 1.807) is 0 Å². The van der Waals surface area contributed by atoms with E-state index in [4.69, 9.17) is 0 Å². The molecule has 1 saturated carbocycles. The molecule has 0 radical (unpaired) electrons. The molecule has 1 rings (SSSR count). The maximum absolute atomic E-state index is 4.39. The van der Waals surface area contributed by atoms with Gasteiger partial charge in [-0.05, 0) is 18.8 Å². The summed E-state index contributed by atoms with van der Waals surface area (Å²) in [6.45, 7) is 2.28. The molecule has 0 aliphatic heterocycles. The van der Waals surface area contributed by atoms with Crippen LogP contribution in [0.3, 0.4) is 0 Å². The van der Waals surface area contributed by atoms with Crippen molar-refractivity contribution in [1.29, 1.82) is 0 Å². The highest BCUT2D eigenvalue weighted by atomic mass is 32.1. The van der Waals surface area contributed by atoms with Gasteiger partial charge in [0.15, 0.2) is 0 Å². The fourth-order valence-corrected chi connectivity index (χ4v) is 1.46. The molecule has 0 spiro atoms. The number of thiol groups is 1. The Labute approximate surface area is 56.8 Å². The molecule has 50 valence electrons. The molecule has 2 unspecified atom stereocenters. The molecular weight excluding hydrogens is 118 g/mol. The molecule has 1 aliphatic rings. The topological polar surface area (TPSA) is 35.0 Å². The van der Waals surface area contributed by atoms with Crippen LogP contribution in [-0.4, -0.2) is 5.25 Å². The van der Waals surface area contributed by atoms with Crippen molar-refractivity contribution >= 4 is 12.6 Å². The summed E-state index contributed by atoms with van der Waals surface area (Å²) in [5, 5.41) is 0.708. The molecular formula is C6H15NS. The molecule has 0 bridgehead atoms. The Morgan fingerprint density at radius 1 is 1.38 bits per heavy atom. The van der Waals surface area contributed by atoms with Crippen molar-refractivity contribution < 1.29 is 0 Å². The summed E-state index contributed by atoms with van der Waals surface area (Å²) in [5.41, 5.74) is 0. The zero-order chi connectivity index (χ0) is 5.28. The fourth-order valence-electron chi connectivity index (χ4n) is 1.13. The summed E-state index contributed by atoms with van der Waals surface area (Å²) in [6, 6.07) is 0. The lowest BCUT2D eigenvalue weighted by atomic mass is 10.1. The van der Waals surface area contributed by atoms with Crippen molar-refractivity contribution in [3.05, 3.63) is 0 Å². The summed E-state index contributed by atoms with van der Waals surface area (Å²) in [4.78, 5) is 0. The van der Waals surface area contributed by atoms with Crippen LogP contribution < -0.4 is 6.15 Å². The molecule has 1 nitrogen and oxygen atoms in total. The summed E-state index contributed by atoms with van der Waals surface area (Å²) in [6.07, 6.45) is 4.13. The average Bonchev–Trinajstić information content (AvgIpc) is 1.91.